The van der Waals surface area contributed by atoms with Gasteiger partial charge in [0.15, 0.2) is 0 Å². The number of rotatable bonds is 4. The Morgan fingerprint density at radius 3 is 2.94 bits per heavy atom. The molecule has 1 saturated heterocycles. The lowest BCUT2D eigenvalue weighted by molar-refractivity contribution is -0.122. The van der Waals surface area contributed by atoms with Gasteiger partial charge in [0.2, 0.25) is 5.91 Å². The van der Waals surface area contributed by atoms with E-state index < -0.39 is 0 Å². The number of carbonyl (C=O) groups is 1. The largest absolute Gasteiger partial charge is 0.352 e. The zero-order chi connectivity index (χ0) is 13.0. The fraction of sp³-hybridized carbons (Fsp3) is 0.533. The molecule has 1 aliphatic rings. The maximum Gasteiger partial charge on any atom is 0.220 e. The van der Waals surface area contributed by atoms with Gasteiger partial charge in [-0.1, -0.05) is 31.2 Å². The normalized spacial score (nSPS) is 20.7. The fourth-order valence-corrected chi connectivity index (χ4v) is 2.59. The number of carbonyl (C=O) groups excluding carboxylic acids is 1. The summed E-state index contributed by atoms with van der Waals surface area (Å²) >= 11 is 0. The number of aryl methyl sites for hydroxylation is 1. The van der Waals surface area contributed by atoms with Crippen LogP contribution in [-0.2, 0) is 4.79 Å². The molecule has 2 rings (SSSR count). The minimum Gasteiger partial charge on any atom is -0.352 e. The topological polar surface area (TPSA) is 41.1 Å². The number of hydrogen-bond donors (Lipinski definition) is 2. The van der Waals surface area contributed by atoms with Gasteiger partial charge in [0.1, 0.15) is 0 Å². The van der Waals surface area contributed by atoms with E-state index in [2.05, 4.69) is 36.6 Å². The molecule has 0 saturated carbocycles. The Labute approximate surface area is 109 Å². The first-order valence-electron chi connectivity index (χ1n) is 6.72. The molecule has 0 aromatic heterocycles. The van der Waals surface area contributed by atoms with Crippen LogP contribution in [0.2, 0.25) is 0 Å². The molecule has 1 aliphatic heterocycles. The van der Waals surface area contributed by atoms with Gasteiger partial charge in [0, 0.05) is 19.0 Å². The van der Waals surface area contributed by atoms with Crippen LogP contribution in [0.5, 0.6) is 0 Å². The van der Waals surface area contributed by atoms with Gasteiger partial charge >= 0.3 is 0 Å². The Bertz CT molecular complexity index is 411. The standard InChI is InChI=1S/C15H22N2O/c1-11-5-3-4-6-14(11)12(2)9-15(18)17-13-7-8-16-10-13/h3-6,12-13,16H,7-10H2,1-2H3,(H,17,18). The third-order valence-corrected chi connectivity index (χ3v) is 3.64. The van der Waals surface area contributed by atoms with Gasteiger partial charge < -0.3 is 10.6 Å². The molecule has 1 fully saturated rings. The van der Waals surface area contributed by atoms with Crippen LogP contribution >= 0.6 is 0 Å². The number of nitrogens with one attached hydrogen (secondary N) is 2. The van der Waals surface area contributed by atoms with Gasteiger partial charge in [-0.25, -0.2) is 0 Å². The highest BCUT2D eigenvalue weighted by Crippen LogP contribution is 2.22. The van der Waals surface area contributed by atoms with Crippen molar-refractivity contribution < 1.29 is 4.79 Å². The van der Waals surface area contributed by atoms with E-state index in [0.29, 0.717) is 12.5 Å². The highest BCUT2D eigenvalue weighted by molar-refractivity contribution is 5.77. The van der Waals surface area contributed by atoms with Crippen LogP contribution in [0.15, 0.2) is 24.3 Å². The van der Waals surface area contributed by atoms with Crippen molar-refractivity contribution in [3.63, 3.8) is 0 Å². The number of hydrogen-bond acceptors (Lipinski definition) is 2. The van der Waals surface area contributed by atoms with Gasteiger partial charge in [-0.05, 0) is 36.9 Å². The molecule has 2 unspecified atom stereocenters. The van der Waals surface area contributed by atoms with Crippen molar-refractivity contribution in [1.82, 2.24) is 10.6 Å². The summed E-state index contributed by atoms with van der Waals surface area (Å²) in [4.78, 5) is 12.0. The molecule has 0 aliphatic carbocycles. The Morgan fingerprint density at radius 2 is 2.28 bits per heavy atom. The van der Waals surface area contributed by atoms with Crippen molar-refractivity contribution in [2.45, 2.75) is 38.6 Å². The zero-order valence-corrected chi connectivity index (χ0v) is 11.2. The average molecular weight is 246 g/mol. The van der Waals surface area contributed by atoms with E-state index in [4.69, 9.17) is 0 Å². The minimum atomic E-state index is 0.166. The van der Waals surface area contributed by atoms with Crippen molar-refractivity contribution >= 4 is 5.91 Å². The number of amides is 1. The first-order chi connectivity index (χ1) is 8.66. The van der Waals surface area contributed by atoms with E-state index in [9.17, 15) is 4.79 Å². The highest BCUT2D eigenvalue weighted by Gasteiger charge is 2.18. The van der Waals surface area contributed by atoms with E-state index in [1.807, 2.05) is 12.1 Å². The van der Waals surface area contributed by atoms with Crippen LogP contribution in [0.4, 0.5) is 0 Å². The SMILES string of the molecule is Cc1ccccc1C(C)CC(=O)NC1CCNC1. The van der Waals surface area contributed by atoms with E-state index in [0.717, 1.165) is 19.5 Å². The van der Waals surface area contributed by atoms with Crippen molar-refractivity contribution in [1.29, 1.82) is 0 Å². The Morgan fingerprint density at radius 1 is 1.50 bits per heavy atom. The van der Waals surface area contributed by atoms with E-state index in [1.54, 1.807) is 0 Å². The van der Waals surface area contributed by atoms with Crippen molar-refractivity contribution in [3.8, 4) is 0 Å². The molecule has 3 heteroatoms. The molecule has 1 aromatic rings. The fourth-order valence-electron chi connectivity index (χ4n) is 2.59. The predicted octanol–water partition coefficient (Wildman–Crippen LogP) is 1.97. The minimum absolute atomic E-state index is 0.166. The quantitative estimate of drug-likeness (QED) is 0.853. The molecule has 2 atom stereocenters. The average Bonchev–Trinajstić information content (AvgIpc) is 2.82. The molecule has 0 bridgehead atoms. The first-order valence-corrected chi connectivity index (χ1v) is 6.72. The van der Waals surface area contributed by atoms with Gasteiger partial charge in [-0.3, -0.25) is 4.79 Å². The maximum absolute atomic E-state index is 12.0. The smallest absolute Gasteiger partial charge is 0.220 e. The highest BCUT2D eigenvalue weighted by atomic mass is 16.1. The van der Waals surface area contributed by atoms with Gasteiger partial charge in [-0.15, -0.1) is 0 Å². The van der Waals surface area contributed by atoms with Crippen LogP contribution < -0.4 is 10.6 Å². The first kappa shape index (κ1) is 13.1. The van der Waals surface area contributed by atoms with E-state index in [1.165, 1.54) is 11.1 Å². The van der Waals surface area contributed by atoms with Crippen molar-refractivity contribution in [2.75, 3.05) is 13.1 Å². The summed E-state index contributed by atoms with van der Waals surface area (Å²) in [6, 6.07) is 8.62. The lowest BCUT2D eigenvalue weighted by Gasteiger charge is -2.16. The summed E-state index contributed by atoms with van der Waals surface area (Å²) in [5, 5.41) is 6.35. The van der Waals surface area contributed by atoms with Crippen LogP contribution in [0, 0.1) is 6.92 Å². The molecule has 1 aromatic carbocycles. The van der Waals surface area contributed by atoms with Gasteiger partial charge in [0.05, 0.1) is 0 Å². The van der Waals surface area contributed by atoms with Gasteiger partial charge in [-0.2, -0.15) is 0 Å². The number of benzene rings is 1. The molecule has 18 heavy (non-hydrogen) atoms. The second kappa shape index (κ2) is 6.01. The molecule has 1 heterocycles. The lowest BCUT2D eigenvalue weighted by Crippen LogP contribution is -2.36. The second-order valence-corrected chi connectivity index (χ2v) is 5.22. The summed E-state index contributed by atoms with van der Waals surface area (Å²) in [6.45, 7) is 6.14. The molecule has 2 N–H and O–H groups in total. The third kappa shape index (κ3) is 3.33. The zero-order valence-electron chi connectivity index (χ0n) is 11.2. The summed E-state index contributed by atoms with van der Waals surface area (Å²) in [7, 11) is 0. The third-order valence-electron chi connectivity index (χ3n) is 3.64. The molecular formula is C15H22N2O. The van der Waals surface area contributed by atoms with Crippen LogP contribution in [0.1, 0.15) is 36.8 Å². The van der Waals surface area contributed by atoms with E-state index >= 15 is 0 Å². The predicted molar refractivity (Wildman–Crippen MR) is 73.6 cm³/mol. The summed E-state index contributed by atoms with van der Waals surface area (Å²) in [5.74, 6) is 0.444. The van der Waals surface area contributed by atoms with E-state index in [-0.39, 0.29) is 11.8 Å². The summed E-state index contributed by atoms with van der Waals surface area (Å²) < 4.78 is 0. The maximum atomic E-state index is 12.0. The van der Waals surface area contributed by atoms with Crippen LogP contribution in [0.25, 0.3) is 0 Å². The summed E-state index contributed by atoms with van der Waals surface area (Å²) in [5.41, 5.74) is 2.54. The Hall–Kier alpha value is -1.35. The lowest BCUT2D eigenvalue weighted by atomic mass is 9.93. The molecule has 0 spiro atoms. The van der Waals surface area contributed by atoms with Crippen LogP contribution in [-0.4, -0.2) is 25.0 Å². The molecule has 1 amide bonds. The Kier molecular flexibility index (Phi) is 4.37. The van der Waals surface area contributed by atoms with Gasteiger partial charge in [0.25, 0.3) is 0 Å². The second-order valence-electron chi connectivity index (χ2n) is 5.22. The van der Waals surface area contributed by atoms with Crippen molar-refractivity contribution in [3.05, 3.63) is 35.4 Å². The van der Waals surface area contributed by atoms with Crippen molar-refractivity contribution in [2.24, 2.45) is 0 Å². The molecule has 98 valence electrons. The molecular weight excluding hydrogens is 224 g/mol. The summed E-state index contributed by atoms with van der Waals surface area (Å²) in [6.07, 6.45) is 1.62. The molecule has 3 nitrogen and oxygen atoms in total. The molecule has 0 radical (unpaired) electrons. The van der Waals surface area contributed by atoms with Crippen LogP contribution in [0.3, 0.4) is 0 Å². The Balaban J connectivity index is 1.88. The monoisotopic (exact) mass is 246 g/mol.